The molecule has 0 bridgehead atoms. The van der Waals surface area contributed by atoms with Crippen molar-refractivity contribution in [3.63, 3.8) is 0 Å². The van der Waals surface area contributed by atoms with Gasteiger partial charge in [-0.05, 0) is 51.3 Å². The monoisotopic (exact) mass is 340 g/mol. The molecule has 1 saturated carbocycles. The molecule has 5 heteroatoms. The average Bonchev–Trinajstić information content (AvgIpc) is 2.82. The Balaban J connectivity index is 1.93. The average molecular weight is 340 g/mol. The van der Waals surface area contributed by atoms with Crippen molar-refractivity contribution in [1.29, 1.82) is 0 Å². The molecule has 0 N–H and O–H groups in total. The van der Waals surface area contributed by atoms with E-state index in [1.807, 2.05) is 50.8 Å². The van der Waals surface area contributed by atoms with Gasteiger partial charge in [0.05, 0.1) is 18.2 Å². The van der Waals surface area contributed by atoms with Crippen LogP contribution in [0.3, 0.4) is 0 Å². The summed E-state index contributed by atoms with van der Waals surface area (Å²) in [6.45, 7) is 6.02. The number of pyridine rings is 1. The lowest BCUT2D eigenvalue weighted by Crippen LogP contribution is -2.30. The molecule has 1 fully saturated rings. The second-order valence-electron chi connectivity index (χ2n) is 7.20. The van der Waals surface area contributed by atoms with Gasteiger partial charge in [-0.25, -0.2) is 0 Å². The predicted octanol–water partition coefficient (Wildman–Crippen LogP) is 3.26. The van der Waals surface area contributed by atoms with Gasteiger partial charge in [0, 0.05) is 24.5 Å². The van der Waals surface area contributed by atoms with Crippen LogP contribution in [0, 0.1) is 20.8 Å². The summed E-state index contributed by atoms with van der Waals surface area (Å²) in [6, 6.07) is 4.34. The highest BCUT2D eigenvalue weighted by Crippen LogP contribution is 2.19. The Morgan fingerprint density at radius 1 is 1.24 bits per heavy atom. The van der Waals surface area contributed by atoms with Gasteiger partial charge < -0.3 is 0 Å². The van der Waals surface area contributed by atoms with Gasteiger partial charge in [-0.15, -0.1) is 0 Å². The summed E-state index contributed by atoms with van der Waals surface area (Å²) in [5.41, 5.74) is 4.91. The van der Waals surface area contributed by atoms with Gasteiger partial charge in [0.2, 0.25) is 5.91 Å². The minimum Gasteiger partial charge on any atom is -0.274 e. The van der Waals surface area contributed by atoms with Crippen molar-refractivity contribution >= 4 is 5.91 Å². The normalized spacial score (nSPS) is 16.4. The largest absolute Gasteiger partial charge is 0.274 e. The number of carbonyl (C=O) groups is 1. The van der Waals surface area contributed by atoms with Crippen LogP contribution in [-0.4, -0.2) is 26.3 Å². The maximum atomic E-state index is 13.0. The van der Waals surface area contributed by atoms with Gasteiger partial charge in [-0.3, -0.25) is 19.0 Å². The van der Waals surface area contributed by atoms with E-state index in [0.29, 0.717) is 12.5 Å². The third kappa shape index (κ3) is 3.91. The lowest BCUT2D eigenvalue weighted by molar-refractivity contribution is 0.0907. The first kappa shape index (κ1) is 17.6. The topological polar surface area (TPSA) is 52.2 Å². The molecule has 0 aliphatic heterocycles. The number of aryl methyl sites for hydroxylation is 3. The maximum absolute atomic E-state index is 13.0. The highest BCUT2D eigenvalue weighted by molar-refractivity contribution is 5.81. The Morgan fingerprint density at radius 3 is 2.60 bits per heavy atom. The minimum absolute atomic E-state index is 0.0498. The second kappa shape index (κ2) is 7.38. The van der Waals surface area contributed by atoms with Crippen molar-refractivity contribution in [2.45, 2.75) is 65.3 Å². The first-order valence-electron chi connectivity index (χ1n) is 9.21. The van der Waals surface area contributed by atoms with Crippen molar-refractivity contribution in [2.24, 2.45) is 12.0 Å². The van der Waals surface area contributed by atoms with Gasteiger partial charge in [0.25, 0.3) is 0 Å². The van der Waals surface area contributed by atoms with E-state index >= 15 is 0 Å². The number of nitrogens with zero attached hydrogens (tertiary/aromatic N) is 4. The summed E-state index contributed by atoms with van der Waals surface area (Å²) in [4.78, 5) is 17.9. The highest BCUT2D eigenvalue weighted by Gasteiger charge is 2.16. The third-order valence-corrected chi connectivity index (χ3v) is 5.24. The Bertz CT molecular complexity index is 838. The van der Waals surface area contributed by atoms with E-state index in [0.717, 1.165) is 40.8 Å². The fourth-order valence-corrected chi connectivity index (χ4v) is 3.61. The molecule has 1 aliphatic rings. The van der Waals surface area contributed by atoms with Gasteiger partial charge in [0.15, 0.2) is 0 Å². The molecule has 0 radical (unpaired) electrons. The van der Waals surface area contributed by atoms with Crippen LogP contribution in [0.25, 0.3) is 0 Å². The molecule has 0 saturated heterocycles. The minimum atomic E-state index is 0.0498. The van der Waals surface area contributed by atoms with E-state index in [9.17, 15) is 4.79 Å². The zero-order chi connectivity index (χ0) is 18.0. The molecule has 2 aromatic heterocycles. The number of carbonyl (C=O) groups excluding carboxylic acids is 1. The molecule has 5 nitrogen and oxygen atoms in total. The van der Waals surface area contributed by atoms with Gasteiger partial charge in [-0.2, -0.15) is 5.10 Å². The van der Waals surface area contributed by atoms with Gasteiger partial charge in [0.1, 0.15) is 5.49 Å². The van der Waals surface area contributed by atoms with E-state index < -0.39 is 0 Å². The maximum Gasteiger partial charge on any atom is 0.236 e. The summed E-state index contributed by atoms with van der Waals surface area (Å²) in [5.74, 6) is 0.0498. The Hall–Kier alpha value is -2.17. The smallest absolute Gasteiger partial charge is 0.236 e. The zero-order valence-electron chi connectivity index (χ0n) is 15.7. The van der Waals surface area contributed by atoms with Crippen LogP contribution in [0.2, 0.25) is 0 Å². The van der Waals surface area contributed by atoms with Gasteiger partial charge >= 0.3 is 0 Å². The van der Waals surface area contributed by atoms with E-state index in [1.165, 1.54) is 19.3 Å². The molecule has 2 aromatic rings. The van der Waals surface area contributed by atoms with Crippen LogP contribution in [0.5, 0.6) is 0 Å². The van der Waals surface area contributed by atoms with Crippen LogP contribution in [0.4, 0.5) is 0 Å². The third-order valence-electron chi connectivity index (χ3n) is 5.24. The summed E-state index contributed by atoms with van der Waals surface area (Å²) in [5, 5.41) is 4.42. The highest BCUT2D eigenvalue weighted by atomic mass is 16.2. The lowest BCUT2D eigenvalue weighted by Gasteiger charge is -2.18. The van der Waals surface area contributed by atoms with E-state index in [4.69, 9.17) is 4.99 Å². The van der Waals surface area contributed by atoms with E-state index in [-0.39, 0.29) is 5.91 Å². The van der Waals surface area contributed by atoms with Gasteiger partial charge in [-0.1, -0.05) is 19.3 Å². The fourth-order valence-electron chi connectivity index (χ4n) is 3.61. The summed E-state index contributed by atoms with van der Waals surface area (Å²) >= 11 is 0. The van der Waals surface area contributed by atoms with Crippen LogP contribution in [0.1, 0.15) is 59.4 Å². The number of hydrogen-bond acceptors (Lipinski definition) is 3. The standard InChI is InChI=1S/C20H28N4O/c1-14-10-11-24(19(12-14)21-17-8-6-5-7-9-17)20(25)13-18-15(2)22-23(4)16(18)3/h10-12,17H,5-9,13H2,1-4H3. The SMILES string of the molecule is Cc1ccn(C(=O)Cc2c(C)nn(C)c2C)c(=NC2CCCCC2)c1. The first-order chi connectivity index (χ1) is 12.0. The van der Waals surface area contributed by atoms with Crippen molar-refractivity contribution in [3.05, 3.63) is 46.3 Å². The molecular weight excluding hydrogens is 312 g/mol. The molecule has 1 aliphatic carbocycles. The molecule has 0 aromatic carbocycles. The van der Waals surface area contributed by atoms with Crippen molar-refractivity contribution in [3.8, 4) is 0 Å². The van der Waals surface area contributed by atoms with Crippen molar-refractivity contribution < 1.29 is 4.79 Å². The summed E-state index contributed by atoms with van der Waals surface area (Å²) < 4.78 is 3.55. The molecule has 0 unspecified atom stereocenters. The number of hydrogen-bond donors (Lipinski definition) is 0. The van der Waals surface area contributed by atoms with Crippen LogP contribution < -0.4 is 5.49 Å². The molecule has 2 heterocycles. The Kier molecular flexibility index (Phi) is 5.21. The predicted molar refractivity (Wildman–Crippen MR) is 98.6 cm³/mol. The molecule has 25 heavy (non-hydrogen) atoms. The van der Waals surface area contributed by atoms with E-state index in [2.05, 4.69) is 5.10 Å². The molecular formula is C20H28N4O. The second-order valence-corrected chi connectivity index (χ2v) is 7.20. The molecule has 0 amide bonds. The molecule has 3 rings (SSSR count). The van der Waals surface area contributed by atoms with Crippen LogP contribution in [0.15, 0.2) is 23.3 Å². The Labute approximate surface area is 149 Å². The molecule has 134 valence electrons. The Morgan fingerprint density at radius 2 is 1.96 bits per heavy atom. The summed E-state index contributed by atoms with van der Waals surface area (Å²) in [7, 11) is 1.92. The zero-order valence-corrected chi connectivity index (χ0v) is 15.7. The lowest BCUT2D eigenvalue weighted by atomic mass is 9.96. The van der Waals surface area contributed by atoms with Crippen LogP contribution >= 0.6 is 0 Å². The molecule has 0 atom stereocenters. The fraction of sp³-hybridized carbons (Fsp3) is 0.550. The van der Waals surface area contributed by atoms with Crippen LogP contribution in [-0.2, 0) is 13.5 Å². The van der Waals surface area contributed by atoms with E-state index in [1.54, 1.807) is 4.57 Å². The number of aromatic nitrogens is 3. The summed E-state index contributed by atoms with van der Waals surface area (Å²) in [6.07, 6.45) is 8.25. The first-order valence-corrected chi connectivity index (χ1v) is 9.21. The van der Waals surface area contributed by atoms with Crippen molar-refractivity contribution in [2.75, 3.05) is 0 Å². The quantitative estimate of drug-likeness (QED) is 0.861. The number of rotatable bonds is 3. The molecule has 0 spiro atoms. The van der Waals surface area contributed by atoms with Crippen molar-refractivity contribution in [1.82, 2.24) is 14.3 Å².